The predicted octanol–water partition coefficient (Wildman–Crippen LogP) is 5.38. The quantitative estimate of drug-likeness (QED) is 0.525. The molecule has 0 spiro atoms. The topological polar surface area (TPSA) is 0 Å². The minimum absolute atomic E-state index is 0. The summed E-state index contributed by atoms with van der Waals surface area (Å²) in [5, 5.41) is 2.62. The van der Waals surface area contributed by atoms with Crippen LogP contribution >= 0.6 is 0 Å². The summed E-state index contributed by atoms with van der Waals surface area (Å²) in [4.78, 5) is 0. The normalized spacial score (nSPS) is 7.14. The van der Waals surface area contributed by atoms with Crippen molar-refractivity contribution >= 4 is 10.8 Å². The maximum atomic E-state index is 2.12. The van der Waals surface area contributed by atoms with Crippen LogP contribution in [0.4, 0.5) is 0 Å². The molecule has 14 heavy (non-hydrogen) atoms. The summed E-state index contributed by atoms with van der Waals surface area (Å²) in [5.41, 5.74) is 0. The van der Waals surface area contributed by atoms with E-state index in [9.17, 15) is 0 Å². The summed E-state index contributed by atoms with van der Waals surface area (Å²) in [6.45, 7) is 0. The van der Waals surface area contributed by atoms with Crippen LogP contribution in [0.5, 0.6) is 0 Å². The van der Waals surface area contributed by atoms with Crippen LogP contribution in [0.3, 0.4) is 0 Å². The van der Waals surface area contributed by atoms with Crippen LogP contribution in [0.2, 0.25) is 0 Å². The van der Waals surface area contributed by atoms with Crippen LogP contribution in [0.15, 0.2) is 48.5 Å². The van der Waals surface area contributed by atoms with Crippen molar-refractivity contribution in [2.75, 3.05) is 0 Å². The monoisotopic (exact) mass is 192 g/mol. The Labute approximate surface area is 89.6 Å². The molecule has 0 fully saturated rings. The molecule has 0 saturated carbocycles. The van der Waals surface area contributed by atoms with Gasteiger partial charge in [0.15, 0.2) is 0 Å². The second-order valence-electron chi connectivity index (χ2n) is 2.35. The lowest BCUT2D eigenvalue weighted by Gasteiger charge is -1.92. The van der Waals surface area contributed by atoms with Gasteiger partial charge in [-0.2, -0.15) is 0 Å². The molecule has 0 heterocycles. The second kappa shape index (κ2) is 8.31. The van der Waals surface area contributed by atoms with Crippen molar-refractivity contribution in [1.82, 2.24) is 0 Å². The van der Waals surface area contributed by atoms with Crippen molar-refractivity contribution in [3.8, 4) is 0 Å². The standard InChI is InChI=1S/C10H8.4CH4/c1-2-6-10-8-4-3-7-9(10)5-1;;;;/h1-8H;4*1H4. The molecule has 0 aliphatic carbocycles. The highest BCUT2D eigenvalue weighted by Gasteiger charge is 1.85. The Hall–Kier alpha value is -1.30. The smallest absolute Gasteiger partial charge is 0.0184 e. The summed E-state index contributed by atoms with van der Waals surface area (Å²) in [7, 11) is 0. The summed E-state index contributed by atoms with van der Waals surface area (Å²) in [6.07, 6.45) is 0. The Morgan fingerprint density at radius 2 is 0.643 bits per heavy atom. The third kappa shape index (κ3) is 3.61. The highest BCUT2D eigenvalue weighted by Crippen LogP contribution is 2.11. The lowest BCUT2D eigenvalue weighted by Crippen LogP contribution is -1.67. The lowest BCUT2D eigenvalue weighted by atomic mass is 10.1. The molecule has 0 unspecified atom stereocenters. The maximum Gasteiger partial charge on any atom is -0.0184 e. The Bertz CT molecular complexity index is 271. The minimum atomic E-state index is 0. The molecule has 0 atom stereocenters. The van der Waals surface area contributed by atoms with Crippen molar-refractivity contribution in [2.24, 2.45) is 0 Å². The van der Waals surface area contributed by atoms with Crippen molar-refractivity contribution in [2.45, 2.75) is 29.7 Å². The molecular weight excluding hydrogens is 168 g/mol. The predicted molar refractivity (Wildman–Crippen MR) is 70.9 cm³/mol. The molecule has 0 nitrogen and oxygen atoms in total. The highest BCUT2D eigenvalue weighted by molar-refractivity contribution is 5.81. The van der Waals surface area contributed by atoms with Gasteiger partial charge in [0.2, 0.25) is 0 Å². The first kappa shape index (κ1) is 18.5. The largest absolute Gasteiger partial charge is 0.0776 e. The van der Waals surface area contributed by atoms with Crippen LogP contribution in [0.1, 0.15) is 29.7 Å². The SMILES string of the molecule is C.C.C.C.c1ccc2ccccc2c1. The van der Waals surface area contributed by atoms with Crippen LogP contribution in [0, 0.1) is 0 Å². The highest BCUT2D eigenvalue weighted by atomic mass is 13.9. The Morgan fingerprint density at radius 3 is 0.857 bits per heavy atom. The van der Waals surface area contributed by atoms with Crippen molar-refractivity contribution < 1.29 is 0 Å². The third-order valence-corrected chi connectivity index (χ3v) is 1.66. The Kier molecular flexibility index (Phi) is 11.0. The van der Waals surface area contributed by atoms with Crippen LogP contribution in [0.25, 0.3) is 10.8 Å². The lowest BCUT2D eigenvalue weighted by molar-refractivity contribution is 1.75. The second-order valence-corrected chi connectivity index (χ2v) is 2.35. The van der Waals surface area contributed by atoms with E-state index >= 15 is 0 Å². The Morgan fingerprint density at radius 1 is 0.429 bits per heavy atom. The maximum absolute atomic E-state index is 2.12. The van der Waals surface area contributed by atoms with E-state index in [0.29, 0.717) is 0 Å². The first-order valence-electron chi connectivity index (χ1n) is 3.40. The summed E-state index contributed by atoms with van der Waals surface area (Å²) < 4.78 is 0. The number of hydrogen-bond donors (Lipinski definition) is 0. The molecule has 0 aromatic heterocycles. The third-order valence-electron chi connectivity index (χ3n) is 1.66. The Balaban J connectivity index is -0.000000302. The van der Waals surface area contributed by atoms with Gasteiger partial charge in [-0.3, -0.25) is 0 Å². The van der Waals surface area contributed by atoms with Gasteiger partial charge in [0.1, 0.15) is 0 Å². The van der Waals surface area contributed by atoms with Gasteiger partial charge >= 0.3 is 0 Å². The molecule has 0 bridgehead atoms. The molecule has 2 rings (SSSR count). The first-order valence-corrected chi connectivity index (χ1v) is 3.40. The summed E-state index contributed by atoms with van der Waals surface area (Å²) in [5.74, 6) is 0. The van der Waals surface area contributed by atoms with E-state index in [0.717, 1.165) is 0 Å². The van der Waals surface area contributed by atoms with Gasteiger partial charge in [0, 0.05) is 0 Å². The van der Waals surface area contributed by atoms with E-state index < -0.39 is 0 Å². The van der Waals surface area contributed by atoms with Gasteiger partial charge in [-0.15, -0.1) is 0 Å². The number of rotatable bonds is 0. The fraction of sp³-hybridized carbons (Fsp3) is 0.286. The van der Waals surface area contributed by atoms with E-state index in [2.05, 4.69) is 48.5 Å². The van der Waals surface area contributed by atoms with E-state index in [4.69, 9.17) is 0 Å². The molecule has 2 aromatic carbocycles. The van der Waals surface area contributed by atoms with E-state index in [1.807, 2.05) is 0 Å². The zero-order valence-electron chi connectivity index (χ0n) is 5.62. The van der Waals surface area contributed by atoms with Gasteiger partial charge < -0.3 is 0 Å². The van der Waals surface area contributed by atoms with E-state index in [1.165, 1.54) is 10.8 Å². The molecular formula is C14H24. The molecule has 0 radical (unpaired) electrons. The summed E-state index contributed by atoms with van der Waals surface area (Å²) >= 11 is 0. The fourth-order valence-corrected chi connectivity index (χ4v) is 1.13. The average molecular weight is 192 g/mol. The fourth-order valence-electron chi connectivity index (χ4n) is 1.13. The van der Waals surface area contributed by atoms with Gasteiger partial charge in [-0.1, -0.05) is 78.2 Å². The van der Waals surface area contributed by atoms with Crippen molar-refractivity contribution in [3.05, 3.63) is 48.5 Å². The molecule has 0 saturated heterocycles. The van der Waals surface area contributed by atoms with Gasteiger partial charge in [0.05, 0.1) is 0 Å². The zero-order valence-corrected chi connectivity index (χ0v) is 5.62. The van der Waals surface area contributed by atoms with Gasteiger partial charge in [-0.05, 0) is 10.8 Å². The molecule has 0 amide bonds. The first-order chi connectivity index (χ1) is 4.97. The number of benzene rings is 2. The van der Waals surface area contributed by atoms with Gasteiger partial charge in [-0.25, -0.2) is 0 Å². The molecule has 0 aliphatic heterocycles. The molecule has 2 aromatic rings. The molecule has 80 valence electrons. The average Bonchev–Trinajstić information content (AvgIpc) is 2.05. The minimum Gasteiger partial charge on any atom is -0.0776 e. The number of fused-ring (bicyclic) bond motifs is 1. The van der Waals surface area contributed by atoms with Crippen LogP contribution in [-0.4, -0.2) is 0 Å². The van der Waals surface area contributed by atoms with Crippen LogP contribution in [-0.2, 0) is 0 Å². The number of hydrogen-bond acceptors (Lipinski definition) is 0. The van der Waals surface area contributed by atoms with Crippen molar-refractivity contribution in [1.29, 1.82) is 0 Å². The molecule has 0 aliphatic rings. The van der Waals surface area contributed by atoms with Crippen LogP contribution < -0.4 is 0 Å². The van der Waals surface area contributed by atoms with E-state index in [1.54, 1.807) is 0 Å². The van der Waals surface area contributed by atoms with Crippen molar-refractivity contribution in [3.63, 3.8) is 0 Å². The summed E-state index contributed by atoms with van der Waals surface area (Å²) in [6, 6.07) is 16.7. The van der Waals surface area contributed by atoms with E-state index in [-0.39, 0.29) is 29.7 Å². The molecule has 0 N–H and O–H groups in total. The molecule has 0 heteroatoms. The van der Waals surface area contributed by atoms with Gasteiger partial charge in [0.25, 0.3) is 0 Å². The zero-order chi connectivity index (χ0) is 6.81.